The Bertz CT molecular complexity index is 831. The van der Waals surface area contributed by atoms with Crippen LogP contribution in [0.15, 0.2) is 42.5 Å². The van der Waals surface area contributed by atoms with Crippen LogP contribution in [-0.2, 0) is 16.0 Å². The van der Waals surface area contributed by atoms with Crippen molar-refractivity contribution >= 4 is 23.3 Å². The largest absolute Gasteiger partial charge is 0.452 e. The predicted octanol–water partition coefficient (Wildman–Crippen LogP) is 4.04. The van der Waals surface area contributed by atoms with E-state index in [2.05, 4.69) is 12.2 Å². The number of carbonyl (C=O) groups is 2. The van der Waals surface area contributed by atoms with Gasteiger partial charge in [-0.2, -0.15) is 0 Å². The van der Waals surface area contributed by atoms with Crippen LogP contribution in [0.4, 0.5) is 11.4 Å². The minimum Gasteiger partial charge on any atom is -0.452 e. The summed E-state index contributed by atoms with van der Waals surface area (Å²) in [5, 5.41) is 13.6. The number of nitrogens with one attached hydrogen (secondary N) is 1. The molecule has 1 N–H and O–H groups in total. The topological polar surface area (TPSA) is 98.5 Å². The highest BCUT2D eigenvalue weighted by atomic mass is 16.6. The summed E-state index contributed by atoms with van der Waals surface area (Å²) in [6, 6.07) is 11.6. The second-order valence-electron chi connectivity index (χ2n) is 6.13. The lowest BCUT2D eigenvalue weighted by Gasteiger charge is -2.09. The van der Waals surface area contributed by atoms with E-state index in [0.717, 1.165) is 19.3 Å². The van der Waals surface area contributed by atoms with Gasteiger partial charge in [-0.15, -0.1) is 0 Å². The fourth-order valence-electron chi connectivity index (χ4n) is 2.58. The Hall–Kier alpha value is -3.22. The van der Waals surface area contributed by atoms with E-state index in [4.69, 9.17) is 4.74 Å². The molecule has 0 heterocycles. The number of unbranched alkanes of at least 4 members (excludes halogenated alkanes) is 1. The molecule has 0 fully saturated rings. The fourth-order valence-corrected chi connectivity index (χ4v) is 2.58. The number of anilines is 1. The van der Waals surface area contributed by atoms with E-state index >= 15 is 0 Å². The molecule has 27 heavy (non-hydrogen) atoms. The predicted molar refractivity (Wildman–Crippen MR) is 102 cm³/mol. The van der Waals surface area contributed by atoms with Crippen LogP contribution in [0, 0.1) is 17.0 Å². The number of esters is 1. The Morgan fingerprint density at radius 2 is 1.85 bits per heavy atom. The molecule has 0 bridgehead atoms. The Balaban J connectivity index is 1.91. The van der Waals surface area contributed by atoms with Gasteiger partial charge in [0.1, 0.15) is 0 Å². The quantitative estimate of drug-likeness (QED) is 0.429. The molecule has 1 amide bonds. The fraction of sp³-hybridized carbons (Fsp3) is 0.300. The number of carbonyl (C=O) groups excluding carboxylic acids is 2. The average Bonchev–Trinajstić information content (AvgIpc) is 2.65. The van der Waals surface area contributed by atoms with E-state index in [1.165, 1.54) is 30.7 Å². The van der Waals surface area contributed by atoms with Gasteiger partial charge in [0, 0.05) is 17.3 Å². The van der Waals surface area contributed by atoms with Crippen LogP contribution in [0.1, 0.15) is 41.3 Å². The molecule has 0 aliphatic carbocycles. The zero-order chi connectivity index (χ0) is 19.8. The van der Waals surface area contributed by atoms with E-state index in [1.807, 2.05) is 12.1 Å². The molecule has 0 aliphatic rings. The van der Waals surface area contributed by atoms with Gasteiger partial charge >= 0.3 is 5.97 Å². The van der Waals surface area contributed by atoms with Crippen molar-refractivity contribution < 1.29 is 19.2 Å². The lowest BCUT2D eigenvalue weighted by atomic mass is 10.1. The van der Waals surface area contributed by atoms with Crippen molar-refractivity contribution in [1.29, 1.82) is 0 Å². The smallest absolute Gasteiger partial charge is 0.339 e. The molecule has 7 nitrogen and oxygen atoms in total. The van der Waals surface area contributed by atoms with Crippen molar-refractivity contribution in [2.24, 2.45) is 0 Å². The molecule has 0 aromatic heterocycles. The van der Waals surface area contributed by atoms with E-state index in [1.54, 1.807) is 12.1 Å². The third-order valence-corrected chi connectivity index (χ3v) is 4.11. The second-order valence-corrected chi connectivity index (χ2v) is 6.13. The molecule has 0 aliphatic heterocycles. The molecule has 0 saturated carbocycles. The number of amides is 1. The van der Waals surface area contributed by atoms with E-state index < -0.39 is 23.4 Å². The third-order valence-electron chi connectivity index (χ3n) is 4.11. The third kappa shape index (κ3) is 5.64. The van der Waals surface area contributed by atoms with Crippen molar-refractivity contribution in [1.82, 2.24) is 0 Å². The zero-order valence-electron chi connectivity index (χ0n) is 15.4. The number of aryl methyl sites for hydroxylation is 1. The van der Waals surface area contributed by atoms with Crippen molar-refractivity contribution in [3.63, 3.8) is 0 Å². The number of nitrogens with zero attached hydrogens (tertiary/aromatic N) is 1. The Kier molecular flexibility index (Phi) is 7.05. The first kappa shape index (κ1) is 20.1. The van der Waals surface area contributed by atoms with Crippen LogP contribution >= 0.6 is 0 Å². The molecular formula is C20H22N2O5. The Morgan fingerprint density at radius 3 is 2.48 bits per heavy atom. The highest BCUT2D eigenvalue weighted by Crippen LogP contribution is 2.21. The van der Waals surface area contributed by atoms with Crippen LogP contribution in [-0.4, -0.2) is 23.4 Å². The molecule has 0 atom stereocenters. The van der Waals surface area contributed by atoms with Crippen LogP contribution in [0.5, 0.6) is 0 Å². The van der Waals surface area contributed by atoms with Gasteiger partial charge in [-0.1, -0.05) is 31.5 Å². The molecule has 0 radical (unpaired) electrons. The first-order valence-corrected chi connectivity index (χ1v) is 8.72. The molecule has 7 heteroatoms. The van der Waals surface area contributed by atoms with Crippen LogP contribution in [0.2, 0.25) is 0 Å². The monoisotopic (exact) mass is 370 g/mol. The first-order valence-electron chi connectivity index (χ1n) is 8.72. The maximum absolute atomic E-state index is 12.1. The summed E-state index contributed by atoms with van der Waals surface area (Å²) in [4.78, 5) is 34.5. The van der Waals surface area contributed by atoms with Gasteiger partial charge in [-0.3, -0.25) is 14.9 Å². The minimum atomic E-state index is -0.777. The number of benzene rings is 2. The average molecular weight is 370 g/mol. The summed E-state index contributed by atoms with van der Waals surface area (Å²) in [6.45, 7) is 3.12. The number of ether oxygens (including phenoxy) is 1. The van der Waals surface area contributed by atoms with Gasteiger partial charge in [-0.05, 0) is 43.5 Å². The molecule has 2 rings (SSSR count). The molecule has 2 aromatic rings. The number of hydrogen-bond donors (Lipinski definition) is 1. The van der Waals surface area contributed by atoms with E-state index in [9.17, 15) is 19.7 Å². The maximum atomic E-state index is 12.1. The lowest BCUT2D eigenvalue weighted by molar-refractivity contribution is -0.385. The minimum absolute atomic E-state index is 0.0669. The van der Waals surface area contributed by atoms with Gasteiger partial charge in [0.05, 0.1) is 10.5 Å². The summed E-state index contributed by atoms with van der Waals surface area (Å²) in [7, 11) is 0. The van der Waals surface area contributed by atoms with Crippen LogP contribution < -0.4 is 5.32 Å². The molecular weight excluding hydrogens is 348 g/mol. The summed E-state index contributed by atoms with van der Waals surface area (Å²) in [5.74, 6) is -1.26. The number of nitro benzene ring substituents is 1. The maximum Gasteiger partial charge on any atom is 0.339 e. The first-order chi connectivity index (χ1) is 12.9. The van der Waals surface area contributed by atoms with Crippen molar-refractivity contribution in [2.75, 3.05) is 11.9 Å². The van der Waals surface area contributed by atoms with Crippen molar-refractivity contribution in [3.05, 3.63) is 69.3 Å². The van der Waals surface area contributed by atoms with Crippen molar-refractivity contribution in [3.8, 4) is 0 Å². The lowest BCUT2D eigenvalue weighted by Crippen LogP contribution is -2.21. The van der Waals surface area contributed by atoms with Gasteiger partial charge in [0.25, 0.3) is 11.6 Å². The van der Waals surface area contributed by atoms with Crippen molar-refractivity contribution in [2.45, 2.75) is 33.1 Å². The number of nitro groups is 1. The molecule has 0 unspecified atom stereocenters. The highest BCUT2D eigenvalue weighted by molar-refractivity contribution is 5.96. The molecule has 0 saturated heterocycles. The van der Waals surface area contributed by atoms with Gasteiger partial charge < -0.3 is 10.1 Å². The zero-order valence-corrected chi connectivity index (χ0v) is 15.4. The SMILES string of the molecule is CCCCc1ccc(NC(=O)COC(=O)c2cccc([N+](=O)[O-])c2C)cc1. The summed E-state index contributed by atoms with van der Waals surface area (Å²) in [5.41, 5.74) is 1.91. The van der Waals surface area contributed by atoms with E-state index in [0.29, 0.717) is 5.69 Å². The number of hydrogen-bond acceptors (Lipinski definition) is 5. The number of rotatable bonds is 8. The summed E-state index contributed by atoms with van der Waals surface area (Å²) >= 11 is 0. The summed E-state index contributed by atoms with van der Waals surface area (Å²) in [6.07, 6.45) is 3.22. The van der Waals surface area contributed by atoms with E-state index in [-0.39, 0.29) is 16.8 Å². The van der Waals surface area contributed by atoms with Gasteiger partial charge in [-0.25, -0.2) is 4.79 Å². The molecule has 142 valence electrons. The highest BCUT2D eigenvalue weighted by Gasteiger charge is 2.19. The summed E-state index contributed by atoms with van der Waals surface area (Å²) < 4.78 is 4.98. The van der Waals surface area contributed by atoms with Crippen LogP contribution in [0.25, 0.3) is 0 Å². The molecule has 2 aromatic carbocycles. The Labute approximate surface area is 157 Å². The standard InChI is InChI=1S/C20H22N2O5/c1-3-4-6-15-9-11-16(12-10-15)21-19(23)13-27-20(24)17-7-5-8-18(14(17)2)22(25)26/h5,7-12H,3-4,6,13H2,1-2H3,(H,21,23). The normalized spacial score (nSPS) is 10.3. The second kappa shape index (κ2) is 9.47. The Morgan fingerprint density at radius 1 is 1.15 bits per heavy atom. The molecule has 0 spiro atoms. The van der Waals surface area contributed by atoms with Gasteiger partial charge in [0.15, 0.2) is 6.61 Å². The van der Waals surface area contributed by atoms with Gasteiger partial charge in [0.2, 0.25) is 0 Å². The van der Waals surface area contributed by atoms with Crippen LogP contribution in [0.3, 0.4) is 0 Å².